The topological polar surface area (TPSA) is 69.9 Å². The molecule has 0 fully saturated rings. The molecule has 0 aliphatic heterocycles. The number of tetrazole rings is 1. The highest BCUT2D eigenvalue weighted by Crippen LogP contribution is 2.07. The average molecular weight is 170 g/mol. The van der Waals surface area contributed by atoms with Crippen LogP contribution in [0.4, 0.5) is 0 Å². The molecule has 0 N–H and O–H groups in total. The third-order valence-electron chi connectivity index (χ3n) is 1.51. The number of hydrogen-bond acceptors (Lipinski definition) is 5. The van der Waals surface area contributed by atoms with Gasteiger partial charge < -0.3 is 4.74 Å². The number of nitrogens with zero attached hydrogens (tertiary/aromatic N) is 4. The number of carbonyl (C=O) groups is 1. The Bertz CT molecular complexity index is 246. The van der Waals surface area contributed by atoms with Gasteiger partial charge in [-0.15, -0.1) is 5.10 Å². The zero-order chi connectivity index (χ0) is 8.97. The molecule has 1 atom stereocenters. The van der Waals surface area contributed by atoms with Crippen LogP contribution in [0.15, 0.2) is 6.33 Å². The normalized spacial score (nSPS) is 12.5. The second-order valence-corrected chi connectivity index (χ2v) is 2.42. The molecule has 0 unspecified atom stereocenters. The van der Waals surface area contributed by atoms with Crippen molar-refractivity contribution in [2.24, 2.45) is 0 Å². The highest BCUT2D eigenvalue weighted by molar-refractivity contribution is 5.69. The lowest BCUT2D eigenvalue weighted by Crippen LogP contribution is -2.12. The van der Waals surface area contributed by atoms with E-state index in [9.17, 15) is 4.79 Å². The first kappa shape index (κ1) is 8.63. The molecule has 0 spiro atoms. The minimum Gasteiger partial charge on any atom is -0.469 e. The van der Waals surface area contributed by atoms with Crippen molar-refractivity contribution in [2.45, 2.75) is 19.4 Å². The quantitative estimate of drug-likeness (QED) is 0.587. The maximum absolute atomic E-state index is 10.8. The molecule has 0 aromatic carbocycles. The van der Waals surface area contributed by atoms with Gasteiger partial charge in [0.25, 0.3) is 0 Å². The van der Waals surface area contributed by atoms with E-state index in [1.807, 2.05) is 6.92 Å². The number of rotatable bonds is 3. The Morgan fingerprint density at radius 3 is 3.00 bits per heavy atom. The SMILES string of the molecule is COC(=O)C[C@H](C)n1cnnn1. The number of methoxy groups -OCH3 is 1. The van der Waals surface area contributed by atoms with Crippen molar-refractivity contribution >= 4 is 5.97 Å². The number of ether oxygens (including phenoxy) is 1. The van der Waals surface area contributed by atoms with E-state index < -0.39 is 0 Å². The molecule has 0 saturated heterocycles. The molecule has 6 heteroatoms. The number of hydrogen-bond donors (Lipinski definition) is 0. The minimum absolute atomic E-state index is 0.0625. The summed E-state index contributed by atoms with van der Waals surface area (Å²) < 4.78 is 6.01. The largest absolute Gasteiger partial charge is 0.469 e. The second kappa shape index (κ2) is 3.80. The molecular weight excluding hydrogens is 160 g/mol. The molecule has 0 aliphatic rings. The lowest BCUT2D eigenvalue weighted by atomic mass is 10.2. The second-order valence-electron chi connectivity index (χ2n) is 2.42. The van der Waals surface area contributed by atoms with Crippen molar-refractivity contribution in [3.63, 3.8) is 0 Å². The van der Waals surface area contributed by atoms with Crippen LogP contribution in [0.3, 0.4) is 0 Å². The fraction of sp³-hybridized carbons (Fsp3) is 0.667. The Labute approximate surface area is 69.5 Å². The van der Waals surface area contributed by atoms with E-state index in [2.05, 4.69) is 20.3 Å². The Morgan fingerprint density at radius 2 is 2.50 bits per heavy atom. The van der Waals surface area contributed by atoms with Gasteiger partial charge in [0, 0.05) is 0 Å². The van der Waals surface area contributed by atoms with Gasteiger partial charge >= 0.3 is 5.97 Å². The van der Waals surface area contributed by atoms with Gasteiger partial charge in [-0.25, -0.2) is 4.68 Å². The van der Waals surface area contributed by atoms with Crippen LogP contribution in [0, 0.1) is 0 Å². The van der Waals surface area contributed by atoms with Gasteiger partial charge in [0.2, 0.25) is 0 Å². The van der Waals surface area contributed by atoms with E-state index >= 15 is 0 Å². The summed E-state index contributed by atoms with van der Waals surface area (Å²) in [6.07, 6.45) is 1.75. The summed E-state index contributed by atoms with van der Waals surface area (Å²) in [7, 11) is 1.36. The Kier molecular flexibility index (Phi) is 2.73. The highest BCUT2D eigenvalue weighted by atomic mass is 16.5. The van der Waals surface area contributed by atoms with E-state index in [1.54, 1.807) is 0 Å². The first-order valence-corrected chi connectivity index (χ1v) is 3.53. The van der Waals surface area contributed by atoms with Crippen LogP contribution in [0.2, 0.25) is 0 Å². The fourth-order valence-electron chi connectivity index (χ4n) is 0.788. The van der Waals surface area contributed by atoms with Gasteiger partial charge in [0.05, 0.1) is 19.6 Å². The monoisotopic (exact) mass is 170 g/mol. The average Bonchev–Trinajstić information content (AvgIpc) is 2.56. The molecule has 6 nitrogen and oxygen atoms in total. The van der Waals surface area contributed by atoms with Crippen LogP contribution in [0.5, 0.6) is 0 Å². The molecule has 12 heavy (non-hydrogen) atoms. The van der Waals surface area contributed by atoms with Crippen molar-refractivity contribution in [3.8, 4) is 0 Å². The van der Waals surface area contributed by atoms with E-state index in [0.717, 1.165) is 0 Å². The number of carbonyl (C=O) groups excluding carboxylic acids is 1. The van der Waals surface area contributed by atoms with Crippen molar-refractivity contribution in [1.29, 1.82) is 0 Å². The smallest absolute Gasteiger partial charge is 0.307 e. The molecule has 66 valence electrons. The molecule has 0 bridgehead atoms. The van der Waals surface area contributed by atoms with Crippen LogP contribution in [0.25, 0.3) is 0 Å². The Balaban J connectivity index is 2.49. The van der Waals surface area contributed by atoms with E-state index in [-0.39, 0.29) is 18.4 Å². The summed E-state index contributed by atoms with van der Waals surface area (Å²) in [6, 6.07) is -0.0625. The van der Waals surface area contributed by atoms with Gasteiger partial charge in [-0.1, -0.05) is 0 Å². The van der Waals surface area contributed by atoms with Crippen molar-refractivity contribution in [2.75, 3.05) is 7.11 Å². The van der Waals surface area contributed by atoms with Crippen LogP contribution in [-0.2, 0) is 9.53 Å². The summed E-state index contributed by atoms with van der Waals surface area (Å²) >= 11 is 0. The molecule has 1 rings (SSSR count). The van der Waals surface area contributed by atoms with Gasteiger partial charge in [0.1, 0.15) is 6.33 Å². The van der Waals surface area contributed by atoms with E-state index in [4.69, 9.17) is 0 Å². The lowest BCUT2D eigenvalue weighted by molar-refractivity contribution is -0.141. The summed E-state index contributed by atoms with van der Waals surface area (Å²) in [4.78, 5) is 10.8. The molecule has 1 aromatic rings. The summed E-state index contributed by atoms with van der Waals surface area (Å²) in [5, 5.41) is 10.6. The maximum atomic E-state index is 10.8. The van der Waals surface area contributed by atoms with Crippen molar-refractivity contribution < 1.29 is 9.53 Å². The molecule has 1 heterocycles. The van der Waals surface area contributed by atoms with Crippen LogP contribution < -0.4 is 0 Å². The molecule has 0 radical (unpaired) electrons. The summed E-state index contributed by atoms with van der Waals surface area (Å²) in [5.41, 5.74) is 0. The molecule has 0 amide bonds. The van der Waals surface area contributed by atoms with E-state index in [0.29, 0.717) is 0 Å². The highest BCUT2D eigenvalue weighted by Gasteiger charge is 2.11. The van der Waals surface area contributed by atoms with Crippen molar-refractivity contribution in [3.05, 3.63) is 6.33 Å². The van der Waals surface area contributed by atoms with Gasteiger partial charge in [-0.3, -0.25) is 4.79 Å². The molecular formula is C6H10N4O2. The molecule has 1 aromatic heterocycles. The third kappa shape index (κ3) is 2.01. The lowest BCUT2D eigenvalue weighted by Gasteiger charge is -2.07. The molecule has 0 aliphatic carbocycles. The summed E-state index contributed by atoms with van der Waals surface area (Å²) in [6.45, 7) is 1.84. The van der Waals surface area contributed by atoms with Crippen LogP contribution in [-0.4, -0.2) is 33.3 Å². The summed E-state index contributed by atoms with van der Waals surface area (Å²) in [5.74, 6) is -0.266. The predicted molar refractivity (Wildman–Crippen MR) is 39.2 cm³/mol. The van der Waals surface area contributed by atoms with Crippen LogP contribution >= 0.6 is 0 Å². The standard InChI is InChI=1S/C6H10N4O2/c1-5(3-6(11)12-2)10-4-7-8-9-10/h4-5H,3H2,1-2H3/t5-/m0/s1. The third-order valence-corrected chi connectivity index (χ3v) is 1.51. The molecule has 0 saturated carbocycles. The Hall–Kier alpha value is -1.46. The first-order chi connectivity index (χ1) is 5.74. The predicted octanol–water partition coefficient (Wildman–Crippen LogP) is -0.203. The fourth-order valence-corrected chi connectivity index (χ4v) is 0.788. The van der Waals surface area contributed by atoms with E-state index in [1.165, 1.54) is 18.1 Å². The van der Waals surface area contributed by atoms with Gasteiger partial charge in [-0.2, -0.15) is 0 Å². The first-order valence-electron chi connectivity index (χ1n) is 3.53. The number of esters is 1. The van der Waals surface area contributed by atoms with Crippen molar-refractivity contribution in [1.82, 2.24) is 20.2 Å². The maximum Gasteiger partial charge on any atom is 0.307 e. The van der Waals surface area contributed by atoms with Gasteiger partial charge in [0.15, 0.2) is 0 Å². The van der Waals surface area contributed by atoms with Gasteiger partial charge in [-0.05, 0) is 17.4 Å². The minimum atomic E-state index is -0.266. The Morgan fingerprint density at radius 1 is 1.75 bits per heavy atom. The zero-order valence-electron chi connectivity index (χ0n) is 6.97. The number of aromatic nitrogens is 4. The zero-order valence-corrected chi connectivity index (χ0v) is 6.97. The van der Waals surface area contributed by atoms with Crippen LogP contribution in [0.1, 0.15) is 19.4 Å².